The molecule has 2 amide bonds. The number of nitrogens with two attached hydrogens (primary N) is 1. The number of hydrogen-bond donors (Lipinski definition) is 3. The molecule has 1 heterocycles. The zero-order chi connectivity index (χ0) is 14.4. The Morgan fingerprint density at radius 1 is 1.20 bits per heavy atom. The molecule has 2 rings (SSSR count). The van der Waals surface area contributed by atoms with E-state index in [2.05, 4.69) is 15.5 Å². The molecule has 20 heavy (non-hydrogen) atoms. The lowest BCUT2D eigenvalue weighted by Crippen LogP contribution is -2.36. The van der Waals surface area contributed by atoms with Crippen molar-refractivity contribution in [1.29, 1.82) is 0 Å². The number of hydrogen-bond acceptors (Lipinski definition) is 4. The van der Waals surface area contributed by atoms with Gasteiger partial charge in [-0.2, -0.15) is 0 Å². The van der Waals surface area contributed by atoms with E-state index in [1.807, 2.05) is 24.3 Å². The Morgan fingerprint density at radius 2 is 1.95 bits per heavy atom. The predicted molar refractivity (Wildman–Crippen MR) is 78.6 cm³/mol. The van der Waals surface area contributed by atoms with Gasteiger partial charge in [-0.25, -0.2) is 0 Å². The van der Waals surface area contributed by atoms with E-state index in [1.54, 1.807) is 0 Å². The van der Waals surface area contributed by atoms with Gasteiger partial charge in [0.05, 0.1) is 13.1 Å². The number of benzene rings is 1. The van der Waals surface area contributed by atoms with Gasteiger partial charge in [0.1, 0.15) is 0 Å². The molecule has 0 bridgehead atoms. The molecule has 1 aromatic rings. The van der Waals surface area contributed by atoms with E-state index >= 15 is 0 Å². The van der Waals surface area contributed by atoms with Gasteiger partial charge in [0.15, 0.2) is 0 Å². The average molecular weight is 276 g/mol. The lowest BCUT2D eigenvalue weighted by molar-refractivity contribution is -0.123. The SMILES string of the molecule is NCC(=O)NCC(=O)Nc1cccc(N2CCCC2)c1. The van der Waals surface area contributed by atoms with Crippen molar-refractivity contribution in [1.82, 2.24) is 5.32 Å². The average Bonchev–Trinajstić information content (AvgIpc) is 2.99. The third-order valence-corrected chi connectivity index (χ3v) is 3.23. The minimum atomic E-state index is -0.342. The Bertz CT molecular complexity index is 484. The van der Waals surface area contributed by atoms with E-state index in [9.17, 15) is 9.59 Å². The van der Waals surface area contributed by atoms with E-state index < -0.39 is 0 Å². The highest BCUT2D eigenvalue weighted by atomic mass is 16.2. The first-order valence-electron chi connectivity index (χ1n) is 6.80. The van der Waals surface area contributed by atoms with Crippen LogP contribution in [0.25, 0.3) is 0 Å². The van der Waals surface area contributed by atoms with Crippen molar-refractivity contribution in [2.75, 3.05) is 36.4 Å². The molecule has 0 spiro atoms. The standard InChI is InChI=1S/C14H20N4O2/c15-9-13(19)16-10-14(20)17-11-4-3-5-12(8-11)18-6-1-2-7-18/h3-5,8H,1-2,6-7,9-10,15H2,(H,16,19)(H,17,20). The molecule has 1 aliphatic rings. The highest BCUT2D eigenvalue weighted by molar-refractivity contribution is 5.95. The number of nitrogens with zero attached hydrogens (tertiary/aromatic N) is 1. The number of carbonyl (C=O) groups is 2. The summed E-state index contributed by atoms with van der Waals surface area (Å²) in [6.45, 7) is 1.94. The molecule has 0 unspecified atom stereocenters. The Hall–Kier alpha value is -2.08. The second-order valence-corrected chi connectivity index (χ2v) is 4.77. The van der Waals surface area contributed by atoms with Gasteiger partial charge in [-0.1, -0.05) is 6.07 Å². The summed E-state index contributed by atoms with van der Waals surface area (Å²) in [4.78, 5) is 25.0. The van der Waals surface area contributed by atoms with Crippen LogP contribution in [0.4, 0.5) is 11.4 Å². The van der Waals surface area contributed by atoms with Crippen LogP contribution in [0.15, 0.2) is 24.3 Å². The summed E-state index contributed by atoms with van der Waals surface area (Å²) in [6.07, 6.45) is 2.42. The molecule has 1 fully saturated rings. The first-order chi connectivity index (χ1) is 9.69. The number of rotatable bonds is 5. The number of nitrogens with one attached hydrogen (secondary N) is 2. The summed E-state index contributed by atoms with van der Waals surface area (Å²) in [6, 6.07) is 7.75. The number of amides is 2. The molecule has 0 atom stereocenters. The van der Waals surface area contributed by atoms with Gasteiger partial charge in [-0.15, -0.1) is 0 Å². The van der Waals surface area contributed by atoms with Gasteiger partial charge in [0.2, 0.25) is 11.8 Å². The first-order valence-corrected chi connectivity index (χ1v) is 6.80. The smallest absolute Gasteiger partial charge is 0.243 e. The van der Waals surface area contributed by atoms with Crippen LogP contribution in [-0.4, -0.2) is 38.0 Å². The zero-order valence-corrected chi connectivity index (χ0v) is 11.4. The van der Waals surface area contributed by atoms with Crippen LogP contribution in [0, 0.1) is 0 Å². The van der Waals surface area contributed by atoms with E-state index in [4.69, 9.17) is 5.73 Å². The van der Waals surface area contributed by atoms with E-state index in [-0.39, 0.29) is 24.9 Å². The van der Waals surface area contributed by atoms with Gasteiger partial charge in [-0.05, 0) is 31.0 Å². The van der Waals surface area contributed by atoms with Gasteiger partial charge < -0.3 is 21.3 Å². The zero-order valence-electron chi connectivity index (χ0n) is 11.4. The molecule has 0 saturated carbocycles. The van der Waals surface area contributed by atoms with Crippen LogP contribution in [0.2, 0.25) is 0 Å². The summed E-state index contributed by atoms with van der Waals surface area (Å²) >= 11 is 0. The van der Waals surface area contributed by atoms with Crippen molar-refractivity contribution in [3.63, 3.8) is 0 Å². The molecule has 1 aromatic carbocycles. The molecule has 0 radical (unpaired) electrons. The quantitative estimate of drug-likeness (QED) is 0.722. The van der Waals surface area contributed by atoms with Crippen molar-refractivity contribution in [2.24, 2.45) is 5.73 Å². The van der Waals surface area contributed by atoms with Crippen LogP contribution >= 0.6 is 0 Å². The van der Waals surface area contributed by atoms with Crippen molar-refractivity contribution < 1.29 is 9.59 Å². The third-order valence-electron chi connectivity index (χ3n) is 3.23. The maximum Gasteiger partial charge on any atom is 0.243 e. The molecule has 4 N–H and O–H groups in total. The highest BCUT2D eigenvalue weighted by Crippen LogP contribution is 2.23. The third kappa shape index (κ3) is 3.96. The van der Waals surface area contributed by atoms with E-state index in [1.165, 1.54) is 12.8 Å². The van der Waals surface area contributed by atoms with Crippen LogP contribution in [-0.2, 0) is 9.59 Å². The Labute approximate surface area is 118 Å². The molecule has 108 valence electrons. The molecular weight excluding hydrogens is 256 g/mol. The summed E-state index contributed by atoms with van der Waals surface area (Å²) in [5, 5.41) is 5.20. The minimum absolute atomic E-state index is 0.0655. The summed E-state index contributed by atoms with van der Waals surface area (Å²) < 4.78 is 0. The van der Waals surface area contributed by atoms with Gasteiger partial charge in [0, 0.05) is 24.5 Å². The van der Waals surface area contributed by atoms with Gasteiger partial charge in [-0.3, -0.25) is 9.59 Å². The fraction of sp³-hybridized carbons (Fsp3) is 0.429. The summed E-state index contributed by atoms with van der Waals surface area (Å²) in [5.41, 5.74) is 7.01. The molecule has 0 aromatic heterocycles. The second-order valence-electron chi connectivity index (χ2n) is 4.77. The molecule has 1 aliphatic heterocycles. The Morgan fingerprint density at radius 3 is 2.65 bits per heavy atom. The molecule has 1 saturated heterocycles. The Balaban J connectivity index is 1.90. The summed E-state index contributed by atoms with van der Waals surface area (Å²) in [5.74, 6) is -0.601. The van der Waals surface area contributed by atoms with Crippen LogP contribution < -0.4 is 21.3 Å². The molecule has 0 aliphatic carbocycles. The van der Waals surface area contributed by atoms with Crippen molar-refractivity contribution in [2.45, 2.75) is 12.8 Å². The summed E-state index contributed by atoms with van der Waals surface area (Å²) in [7, 11) is 0. The maximum atomic E-state index is 11.7. The van der Waals surface area contributed by atoms with E-state index in [0.29, 0.717) is 0 Å². The topological polar surface area (TPSA) is 87.5 Å². The largest absolute Gasteiger partial charge is 0.371 e. The maximum absolute atomic E-state index is 11.7. The van der Waals surface area contributed by atoms with Crippen molar-refractivity contribution >= 4 is 23.2 Å². The fourth-order valence-corrected chi connectivity index (χ4v) is 2.21. The monoisotopic (exact) mass is 276 g/mol. The molecule has 6 nitrogen and oxygen atoms in total. The second kappa shape index (κ2) is 6.91. The van der Waals surface area contributed by atoms with Crippen molar-refractivity contribution in [3.05, 3.63) is 24.3 Å². The van der Waals surface area contributed by atoms with Crippen LogP contribution in [0.1, 0.15) is 12.8 Å². The van der Waals surface area contributed by atoms with Crippen LogP contribution in [0.5, 0.6) is 0 Å². The Kier molecular flexibility index (Phi) is 4.95. The number of anilines is 2. The molecule has 6 heteroatoms. The van der Waals surface area contributed by atoms with E-state index in [0.717, 1.165) is 24.5 Å². The fourth-order valence-electron chi connectivity index (χ4n) is 2.21. The normalized spacial score (nSPS) is 14.2. The lowest BCUT2D eigenvalue weighted by atomic mass is 10.2. The molecular formula is C14H20N4O2. The van der Waals surface area contributed by atoms with Crippen molar-refractivity contribution in [3.8, 4) is 0 Å². The number of carbonyl (C=O) groups excluding carboxylic acids is 2. The predicted octanol–water partition coefficient (Wildman–Crippen LogP) is 0.300. The van der Waals surface area contributed by atoms with Gasteiger partial charge >= 0.3 is 0 Å². The first kappa shape index (κ1) is 14.3. The van der Waals surface area contributed by atoms with Crippen LogP contribution in [0.3, 0.4) is 0 Å². The lowest BCUT2D eigenvalue weighted by Gasteiger charge is -2.18. The highest BCUT2D eigenvalue weighted by Gasteiger charge is 2.12. The minimum Gasteiger partial charge on any atom is -0.371 e. The van der Waals surface area contributed by atoms with Gasteiger partial charge in [0.25, 0.3) is 0 Å².